The molecule has 4 rings (SSSR count). The lowest BCUT2D eigenvalue weighted by atomic mass is 10.0. The zero-order valence-electron chi connectivity index (χ0n) is 18.3. The van der Waals surface area contributed by atoms with Crippen molar-refractivity contribution in [1.82, 2.24) is 9.88 Å². The van der Waals surface area contributed by atoms with Crippen molar-refractivity contribution in [2.75, 3.05) is 25.0 Å². The van der Waals surface area contributed by atoms with Crippen molar-refractivity contribution < 1.29 is 23.8 Å². The maximum Gasteiger partial charge on any atom is 0.248 e. The fourth-order valence-corrected chi connectivity index (χ4v) is 3.90. The molecule has 2 fully saturated rings. The standard InChI is InChI=1S/C24H25FN4O4/c1-15-10-16(17-4-8-27-21(11-17)28-23(32)24(14-26)6-7-24)2-3-19(15)33-20-5-9-29(12-18(20)25)22(31)13-30/h2-4,8,10-11,18,20,30H,5-7,9,12-13H2,1H3,(H,27,28,32)/t18-,20+/m1/s1. The molecule has 172 valence electrons. The van der Waals surface area contributed by atoms with E-state index in [4.69, 9.17) is 9.84 Å². The summed E-state index contributed by atoms with van der Waals surface area (Å²) < 4.78 is 20.5. The molecule has 33 heavy (non-hydrogen) atoms. The van der Waals surface area contributed by atoms with Gasteiger partial charge in [0.2, 0.25) is 11.8 Å². The predicted octanol–water partition coefficient (Wildman–Crippen LogP) is 2.61. The third kappa shape index (κ3) is 4.81. The smallest absolute Gasteiger partial charge is 0.248 e. The molecule has 2 amide bonds. The lowest BCUT2D eigenvalue weighted by molar-refractivity contribution is -0.138. The molecule has 1 aromatic carbocycles. The number of nitrogens with zero attached hydrogens (tertiary/aromatic N) is 3. The number of carbonyl (C=O) groups is 2. The molecular formula is C24H25FN4O4. The number of ether oxygens (including phenoxy) is 1. The van der Waals surface area contributed by atoms with Gasteiger partial charge in [-0.25, -0.2) is 9.37 Å². The van der Waals surface area contributed by atoms with Crippen LogP contribution in [0.4, 0.5) is 10.2 Å². The van der Waals surface area contributed by atoms with Crippen molar-refractivity contribution >= 4 is 17.6 Å². The van der Waals surface area contributed by atoms with Crippen molar-refractivity contribution in [2.24, 2.45) is 5.41 Å². The number of amides is 2. The molecule has 1 saturated carbocycles. The summed E-state index contributed by atoms with van der Waals surface area (Å²) in [5.41, 5.74) is 1.59. The van der Waals surface area contributed by atoms with Gasteiger partial charge in [-0.15, -0.1) is 0 Å². The Bertz CT molecular complexity index is 1110. The zero-order chi connectivity index (χ0) is 23.6. The van der Waals surface area contributed by atoms with Crippen LogP contribution >= 0.6 is 0 Å². The number of pyridine rings is 1. The SMILES string of the molecule is Cc1cc(-c2ccnc(NC(=O)C3(C#N)CC3)c2)ccc1O[C@H]1CCN(C(=O)CO)C[C@H]1F. The zero-order valence-corrected chi connectivity index (χ0v) is 18.3. The second kappa shape index (κ2) is 9.16. The second-order valence-corrected chi connectivity index (χ2v) is 8.52. The molecule has 1 aliphatic carbocycles. The summed E-state index contributed by atoms with van der Waals surface area (Å²) in [6, 6.07) is 11.2. The van der Waals surface area contributed by atoms with Gasteiger partial charge in [0.1, 0.15) is 29.7 Å². The number of aryl methyl sites for hydroxylation is 1. The third-order valence-electron chi connectivity index (χ3n) is 6.16. The van der Waals surface area contributed by atoms with E-state index in [2.05, 4.69) is 16.4 Å². The van der Waals surface area contributed by atoms with Crippen molar-refractivity contribution in [3.63, 3.8) is 0 Å². The van der Waals surface area contributed by atoms with Crippen LogP contribution in [0.2, 0.25) is 0 Å². The highest BCUT2D eigenvalue weighted by atomic mass is 19.1. The Kier molecular flexibility index (Phi) is 6.29. The molecule has 0 bridgehead atoms. The van der Waals surface area contributed by atoms with Gasteiger partial charge in [0, 0.05) is 19.2 Å². The van der Waals surface area contributed by atoms with Crippen LogP contribution in [0.5, 0.6) is 5.75 Å². The number of alkyl halides is 1. The first-order valence-electron chi connectivity index (χ1n) is 10.8. The minimum Gasteiger partial charge on any atom is -0.487 e. The minimum atomic E-state index is -1.34. The van der Waals surface area contributed by atoms with Crippen LogP contribution in [0.25, 0.3) is 11.1 Å². The molecule has 0 radical (unpaired) electrons. The third-order valence-corrected chi connectivity index (χ3v) is 6.16. The first-order chi connectivity index (χ1) is 15.8. The van der Waals surface area contributed by atoms with E-state index in [0.717, 1.165) is 16.7 Å². The highest BCUT2D eigenvalue weighted by Gasteiger charge is 2.50. The Hall–Kier alpha value is -3.51. The molecule has 0 spiro atoms. The first kappa shape index (κ1) is 22.7. The molecule has 9 heteroatoms. The highest BCUT2D eigenvalue weighted by molar-refractivity contribution is 5.98. The molecule has 1 aromatic heterocycles. The normalized spacial score (nSPS) is 21.1. The van der Waals surface area contributed by atoms with E-state index in [1.54, 1.807) is 18.3 Å². The summed E-state index contributed by atoms with van der Waals surface area (Å²) in [6.45, 7) is 1.47. The summed E-state index contributed by atoms with van der Waals surface area (Å²) in [5, 5.41) is 20.9. The molecule has 2 aliphatic rings. The molecule has 2 aromatic rings. The Morgan fingerprint density at radius 3 is 2.73 bits per heavy atom. The van der Waals surface area contributed by atoms with Gasteiger partial charge in [-0.2, -0.15) is 5.26 Å². The van der Waals surface area contributed by atoms with Gasteiger partial charge >= 0.3 is 0 Å². The Morgan fingerprint density at radius 1 is 1.33 bits per heavy atom. The van der Waals surface area contributed by atoms with Crippen molar-refractivity contribution in [3.05, 3.63) is 42.1 Å². The Balaban J connectivity index is 1.43. The molecule has 2 atom stereocenters. The van der Waals surface area contributed by atoms with Gasteiger partial charge in [0.25, 0.3) is 0 Å². The first-order valence-corrected chi connectivity index (χ1v) is 10.8. The summed E-state index contributed by atoms with van der Waals surface area (Å²) in [6.07, 6.45) is 1.04. The van der Waals surface area contributed by atoms with Crippen LogP contribution in [0.15, 0.2) is 36.5 Å². The molecular weight excluding hydrogens is 427 g/mol. The molecule has 2 heterocycles. The lowest BCUT2D eigenvalue weighted by Crippen LogP contribution is -2.50. The van der Waals surface area contributed by atoms with E-state index in [1.165, 1.54) is 4.90 Å². The number of aliphatic hydroxyl groups is 1. The number of hydrogen-bond donors (Lipinski definition) is 2. The second-order valence-electron chi connectivity index (χ2n) is 8.52. The molecule has 0 unspecified atom stereocenters. The van der Waals surface area contributed by atoms with Crippen molar-refractivity contribution in [3.8, 4) is 22.9 Å². The number of hydrogen-bond acceptors (Lipinski definition) is 6. The minimum absolute atomic E-state index is 0.0974. The van der Waals surface area contributed by atoms with Crippen LogP contribution < -0.4 is 10.1 Å². The topological polar surface area (TPSA) is 116 Å². The van der Waals surface area contributed by atoms with Gasteiger partial charge in [-0.3, -0.25) is 9.59 Å². The number of piperidine rings is 1. The fraction of sp³-hybridized carbons (Fsp3) is 0.417. The lowest BCUT2D eigenvalue weighted by Gasteiger charge is -2.34. The molecule has 1 saturated heterocycles. The van der Waals surface area contributed by atoms with Crippen LogP contribution in [0.3, 0.4) is 0 Å². The maximum absolute atomic E-state index is 14.6. The van der Waals surface area contributed by atoms with Gasteiger partial charge < -0.3 is 20.1 Å². The number of rotatable bonds is 6. The number of anilines is 1. The van der Waals surface area contributed by atoms with E-state index >= 15 is 0 Å². The largest absolute Gasteiger partial charge is 0.487 e. The predicted molar refractivity (Wildman–Crippen MR) is 118 cm³/mol. The van der Waals surface area contributed by atoms with Crippen LogP contribution in [-0.4, -0.2) is 58.8 Å². The summed E-state index contributed by atoms with van der Waals surface area (Å²) >= 11 is 0. The van der Waals surface area contributed by atoms with Gasteiger partial charge in [-0.05, 0) is 60.7 Å². The Labute approximate surface area is 191 Å². The van der Waals surface area contributed by atoms with Crippen molar-refractivity contribution in [2.45, 2.75) is 38.5 Å². The molecule has 2 N–H and O–H groups in total. The number of halogens is 1. The Morgan fingerprint density at radius 2 is 2.09 bits per heavy atom. The number of nitrogens with one attached hydrogen (secondary N) is 1. The number of aromatic nitrogens is 1. The average Bonchev–Trinajstić information content (AvgIpc) is 3.62. The maximum atomic E-state index is 14.6. The summed E-state index contributed by atoms with van der Waals surface area (Å²) in [7, 11) is 0. The summed E-state index contributed by atoms with van der Waals surface area (Å²) in [5.74, 6) is 0.119. The van der Waals surface area contributed by atoms with Gasteiger partial charge in [-0.1, -0.05) is 6.07 Å². The fourth-order valence-electron chi connectivity index (χ4n) is 3.90. The number of likely N-dealkylation sites (tertiary alicyclic amines) is 1. The van der Waals surface area contributed by atoms with E-state index in [9.17, 15) is 19.2 Å². The van der Waals surface area contributed by atoms with E-state index in [0.29, 0.717) is 37.4 Å². The number of aliphatic hydroxyl groups excluding tert-OH is 1. The van der Waals surface area contributed by atoms with Crippen LogP contribution in [-0.2, 0) is 9.59 Å². The molecule has 1 aliphatic heterocycles. The quantitative estimate of drug-likeness (QED) is 0.696. The number of carbonyl (C=O) groups excluding carboxylic acids is 2. The number of nitriles is 1. The van der Waals surface area contributed by atoms with Gasteiger partial charge in [0.05, 0.1) is 12.6 Å². The van der Waals surface area contributed by atoms with Crippen LogP contribution in [0.1, 0.15) is 24.8 Å². The van der Waals surface area contributed by atoms with Gasteiger partial charge in [0.15, 0.2) is 6.17 Å². The molecule has 8 nitrogen and oxygen atoms in total. The number of benzene rings is 1. The van der Waals surface area contributed by atoms with E-state index in [-0.39, 0.29) is 12.5 Å². The monoisotopic (exact) mass is 452 g/mol. The van der Waals surface area contributed by atoms with Crippen molar-refractivity contribution in [1.29, 1.82) is 5.26 Å². The van der Waals surface area contributed by atoms with Crippen LogP contribution in [0, 0.1) is 23.7 Å². The average molecular weight is 452 g/mol. The summed E-state index contributed by atoms with van der Waals surface area (Å²) in [4.78, 5) is 29.4. The van der Waals surface area contributed by atoms with E-state index in [1.807, 2.05) is 25.1 Å². The highest BCUT2D eigenvalue weighted by Crippen LogP contribution is 2.45. The van der Waals surface area contributed by atoms with E-state index < -0.39 is 30.2 Å².